The molecule has 0 aliphatic heterocycles. The fourth-order valence-corrected chi connectivity index (χ4v) is 12.2. The minimum Gasteiger partial charge on any atom is -0.507 e. The number of hydrogen-bond acceptors (Lipinski definition) is 6. The van der Waals surface area contributed by atoms with Gasteiger partial charge in [-0.25, -0.2) is 0 Å². The van der Waals surface area contributed by atoms with Crippen molar-refractivity contribution in [3.63, 3.8) is 0 Å². The highest BCUT2D eigenvalue weighted by atomic mass is 16.5. The summed E-state index contributed by atoms with van der Waals surface area (Å²) in [6.07, 6.45) is 18.3. The first-order valence-electron chi connectivity index (χ1n) is 25.3. The summed E-state index contributed by atoms with van der Waals surface area (Å²) in [5.41, 5.74) is 21.2. The molecule has 6 heteroatoms. The molecule has 0 saturated carbocycles. The van der Waals surface area contributed by atoms with E-state index in [2.05, 4.69) is 64.1 Å². The standard InChI is InChI=1S/C61H68O6/c1-36-27-52(60(62)54(29-36)58-46-19-11-7-15-40(46)32-41-16-8-12-20-47(41)58)50-34-44(64-5)23-25-56(50)66-38(3)31-39(4)67-57-26-24-45(65-6)35-51(57)53-28-37(2)30-55(61(53)63)59-48-21-13-9-17-42(48)33-43-18-10-14-22-49(43)59/h23-30,32-35,38-39,62-63H,7-22,31H2,1-6H3/t38-,39-/m0/s1. The Hall–Kier alpha value is -5.88. The van der Waals surface area contributed by atoms with E-state index in [1.54, 1.807) is 14.2 Å². The molecule has 6 nitrogen and oxygen atoms in total. The summed E-state index contributed by atoms with van der Waals surface area (Å²) >= 11 is 0. The molecular formula is C61H68O6. The lowest BCUT2D eigenvalue weighted by Gasteiger charge is -2.29. The van der Waals surface area contributed by atoms with Gasteiger partial charge in [-0.15, -0.1) is 0 Å². The molecule has 0 heterocycles. The van der Waals surface area contributed by atoms with E-state index in [9.17, 15) is 10.2 Å². The van der Waals surface area contributed by atoms with Crippen molar-refractivity contribution in [3.8, 4) is 79.0 Å². The Bertz CT molecular complexity index is 2590. The third kappa shape index (κ3) is 8.78. The zero-order chi connectivity index (χ0) is 46.3. The summed E-state index contributed by atoms with van der Waals surface area (Å²) < 4.78 is 25.3. The molecule has 6 aromatic carbocycles. The van der Waals surface area contributed by atoms with E-state index in [4.69, 9.17) is 18.9 Å². The van der Waals surface area contributed by atoms with E-state index < -0.39 is 0 Å². The minimum atomic E-state index is -0.252. The van der Waals surface area contributed by atoms with E-state index in [-0.39, 0.29) is 12.2 Å². The van der Waals surface area contributed by atoms with Crippen LogP contribution in [0, 0.1) is 13.8 Å². The van der Waals surface area contributed by atoms with Crippen LogP contribution < -0.4 is 18.9 Å². The van der Waals surface area contributed by atoms with Crippen molar-refractivity contribution in [2.45, 2.75) is 149 Å². The molecule has 2 atom stereocenters. The molecule has 6 aromatic rings. The van der Waals surface area contributed by atoms with E-state index in [0.717, 1.165) is 95.9 Å². The summed E-state index contributed by atoms with van der Waals surface area (Å²) in [6.45, 7) is 8.41. The van der Waals surface area contributed by atoms with Crippen LogP contribution in [-0.2, 0) is 51.4 Å². The normalized spacial score (nSPS) is 16.2. The first-order chi connectivity index (χ1) is 32.6. The summed E-state index contributed by atoms with van der Waals surface area (Å²) in [6, 6.07) is 25.3. The third-order valence-corrected chi connectivity index (χ3v) is 15.3. The molecule has 67 heavy (non-hydrogen) atoms. The molecule has 4 aliphatic carbocycles. The fraction of sp³-hybridized carbons (Fsp3) is 0.410. The van der Waals surface area contributed by atoms with Crippen molar-refractivity contribution in [2.75, 3.05) is 14.2 Å². The smallest absolute Gasteiger partial charge is 0.131 e. The highest BCUT2D eigenvalue weighted by Gasteiger charge is 2.29. The number of aryl methyl sites for hydroxylation is 6. The van der Waals surface area contributed by atoms with Crippen molar-refractivity contribution in [3.05, 3.63) is 128 Å². The Morgan fingerprint density at radius 1 is 0.418 bits per heavy atom. The van der Waals surface area contributed by atoms with Crippen LogP contribution in [0.15, 0.2) is 72.8 Å². The summed E-state index contributed by atoms with van der Waals surface area (Å²) in [4.78, 5) is 0. The summed E-state index contributed by atoms with van der Waals surface area (Å²) in [5, 5.41) is 25.0. The van der Waals surface area contributed by atoms with Crippen LogP contribution >= 0.6 is 0 Å². The van der Waals surface area contributed by atoms with Gasteiger partial charge in [0.2, 0.25) is 0 Å². The lowest BCUT2D eigenvalue weighted by Crippen LogP contribution is -2.23. The van der Waals surface area contributed by atoms with Crippen molar-refractivity contribution in [2.24, 2.45) is 0 Å². The number of ether oxygens (including phenoxy) is 4. The van der Waals surface area contributed by atoms with E-state index in [1.807, 2.05) is 36.4 Å². The van der Waals surface area contributed by atoms with Crippen LogP contribution in [-0.4, -0.2) is 36.6 Å². The molecule has 4 aliphatic rings. The summed E-state index contributed by atoms with van der Waals surface area (Å²) in [7, 11) is 3.36. The van der Waals surface area contributed by atoms with Gasteiger partial charge >= 0.3 is 0 Å². The number of hydrogen-bond donors (Lipinski definition) is 2. The van der Waals surface area contributed by atoms with Crippen LogP contribution in [0.1, 0.15) is 127 Å². The molecule has 0 amide bonds. The Morgan fingerprint density at radius 2 is 0.746 bits per heavy atom. The number of aromatic hydroxyl groups is 2. The maximum atomic E-state index is 12.5. The van der Waals surface area contributed by atoms with E-state index >= 15 is 0 Å². The Labute approximate surface area is 398 Å². The SMILES string of the molecule is COc1ccc(O[C@@H](C)C[C@H](C)Oc2ccc(OC)cc2-c2cc(C)cc(-c3c4c(cc5c3CCCC5)CCCC4)c2O)c(-c2cc(C)cc(-c3c4c(cc5c3CCCC5)CCCC4)c2O)c1. The van der Waals surface area contributed by atoms with Crippen molar-refractivity contribution in [1.82, 2.24) is 0 Å². The van der Waals surface area contributed by atoms with Crippen LogP contribution in [0.5, 0.6) is 34.5 Å². The quantitative estimate of drug-likeness (QED) is 0.127. The van der Waals surface area contributed by atoms with Crippen molar-refractivity contribution in [1.29, 1.82) is 0 Å². The Kier molecular flexibility index (Phi) is 12.8. The second-order valence-corrected chi connectivity index (χ2v) is 20.1. The van der Waals surface area contributed by atoms with Gasteiger partial charge in [-0.05, 0) is 258 Å². The first kappa shape index (κ1) is 44.9. The van der Waals surface area contributed by atoms with Crippen molar-refractivity contribution < 1.29 is 29.2 Å². The third-order valence-electron chi connectivity index (χ3n) is 15.3. The topological polar surface area (TPSA) is 77.4 Å². The zero-order valence-corrected chi connectivity index (χ0v) is 40.6. The predicted octanol–water partition coefficient (Wildman–Crippen LogP) is 14.5. The van der Waals surface area contributed by atoms with Gasteiger partial charge < -0.3 is 29.2 Å². The highest BCUT2D eigenvalue weighted by Crippen LogP contribution is 2.50. The van der Waals surface area contributed by atoms with Gasteiger partial charge in [-0.2, -0.15) is 0 Å². The fourth-order valence-electron chi connectivity index (χ4n) is 12.2. The molecule has 0 bridgehead atoms. The van der Waals surface area contributed by atoms with Gasteiger partial charge in [-0.1, -0.05) is 12.1 Å². The van der Waals surface area contributed by atoms with Crippen LogP contribution in [0.4, 0.5) is 0 Å². The lowest BCUT2D eigenvalue weighted by atomic mass is 9.76. The monoisotopic (exact) mass is 897 g/mol. The number of benzene rings is 6. The van der Waals surface area contributed by atoms with Crippen LogP contribution in [0.3, 0.4) is 0 Å². The lowest BCUT2D eigenvalue weighted by molar-refractivity contribution is 0.131. The average Bonchev–Trinajstić information content (AvgIpc) is 3.34. The molecule has 10 rings (SSSR count). The van der Waals surface area contributed by atoms with Gasteiger partial charge in [0.05, 0.1) is 26.4 Å². The number of rotatable bonds is 12. The number of methoxy groups -OCH3 is 2. The molecule has 348 valence electrons. The molecule has 0 spiro atoms. The number of phenolic OH excluding ortho intramolecular Hbond substituents is 2. The number of fused-ring (bicyclic) bond motifs is 4. The average molecular weight is 897 g/mol. The Balaban J connectivity index is 0.958. The summed E-state index contributed by atoms with van der Waals surface area (Å²) in [5.74, 6) is 3.34. The highest BCUT2D eigenvalue weighted by molar-refractivity contribution is 5.90. The van der Waals surface area contributed by atoms with Gasteiger partial charge in [0, 0.05) is 39.8 Å². The molecule has 0 radical (unpaired) electrons. The van der Waals surface area contributed by atoms with E-state index in [0.29, 0.717) is 40.9 Å². The number of phenols is 2. The molecule has 0 unspecified atom stereocenters. The molecular weight excluding hydrogens is 829 g/mol. The van der Waals surface area contributed by atoms with Gasteiger partial charge in [-0.3, -0.25) is 0 Å². The van der Waals surface area contributed by atoms with Gasteiger partial charge in [0.25, 0.3) is 0 Å². The maximum absolute atomic E-state index is 12.5. The predicted molar refractivity (Wildman–Crippen MR) is 272 cm³/mol. The molecule has 0 fully saturated rings. The molecule has 0 saturated heterocycles. The van der Waals surface area contributed by atoms with Crippen LogP contribution in [0.2, 0.25) is 0 Å². The second kappa shape index (κ2) is 19.0. The van der Waals surface area contributed by atoms with Crippen LogP contribution in [0.25, 0.3) is 44.5 Å². The second-order valence-electron chi connectivity index (χ2n) is 20.1. The van der Waals surface area contributed by atoms with Gasteiger partial charge in [0.15, 0.2) is 0 Å². The maximum Gasteiger partial charge on any atom is 0.131 e. The van der Waals surface area contributed by atoms with Gasteiger partial charge in [0.1, 0.15) is 34.5 Å². The largest absolute Gasteiger partial charge is 0.507 e. The minimum absolute atomic E-state index is 0.252. The Morgan fingerprint density at radius 3 is 1.09 bits per heavy atom. The molecule has 0 aromatic heterocycles. The first-order valence-corrected chi connectivity index (χ1v) is 25.3. The van der Waals surface area contributed by atoms with E-state index in [1.165, 1.54) is 107 Å². The van der Waals surface area contributed by atoms with Crippen molar-refractivity contribution >= 4 is 0 Å². The molecule has 2 N–H and O–H groups in total. The zero-order valence-electron chi connectivity index (χ0n) is 40.6.